The fraction of sp³-hybridized carbons (Fsp3) is 0.0833. The van der Waals surface area contributed by atoms with Crippen LogP contribution in [0.5, 0.6) is 0 Å². The molecule has 2 rings (SSSR count). The maximum atomic E-state index is 11.9. The third-order valence-electron chi connectivity index (χ3n) is 2.28. The van der Waals surface area contributed by atoms with Crippen LogP contribution in [0.2, 0.25) is 5.02 Å². The summed E-state index contributed by atoms with van der Waals surface area (Å²) in [6.07, 6.45) is 1.69. The van der Waals surface area contributed by atoms with Gasteiger partial charge in [-0.1, -0.05) is 47.7 Å². The molecule has 3 nitrogen and oxygen atoms in total. The Balaban J connectivity index is 2.30. The van der Waals surface area contributed by atoms with Crippen molar-refractivity contribution in [1.82, 2.24) is 4.90 Å². The van der Waals surface area contributed by atoms with E-state index in [0.717, 1.165) is 22.2 Å². The van der Waals surface area contributed by atoms with Crippen molar-refractivity contribution in [2.24, 2.45) is 0 Å². The highest BCUT2D eigenvalue weighted by atomic mass is 35.5. The van der Waals surface area contributed by atoms with Crippen LogP contribution in [0.15, 0.2) is 29.2 Å². The van der Waals surface area contributed by atoms with Gasteiger partial charge in [0.25, 0.3) is 5.91 Å². The lowest BCUT2D eigenvalue weighted by Crippen LogP contribution is -2.32. The number of rotatable bonds is 1. The van der Waals surface area contributed by atoms with E-state index in [1.165, 1.54) is 6.92 Å². The number of benzene rings is 1. The van der Waals surface area contributed by atoms with Gasteiger partial charge >= 0.3 is 0 Å². The molecule has 92 valence electrons. The summed E-state index contributed by atoms with van der Waals surface area (Å²) in [4.78, 5) is 24.6. The smallest absolute Gasteiger partial charge is 0.273 e. The summed E-state index contributed by atoms with van der Waals surface area (Å²) in [5, 5.41) is 0.628. The fourth-order valence-corrected chi connectivity index (χ4v) is 2.92. The zero-order chi connectivity index (χ0) is 13.3. The number of hydrogen-bond acceptors (Lipinski definition) is 4. The van der Waals surface area contributed by atoms with Crippen LogP contribution >= 0.6 is 35.6 Å². The molecule has 0 atom stereocenters. The summed E-state index contributed by atoms with van der Waals surface area (Å²) < 4.78 is 0.271. The molecule has 18 heavy (non-hydrogen) atoms. The Hall–Kier alpha value is -1.17. The molecule has 0 aromatic heterocycles. The molecular weight excluding hydrogens is 290 g/mol. The van der Waals surface area contributed by atoms with Crippen LogP contribution in [-0.2, 0) is 9.59 Å². The van der Waals surface area contributed by atoms with E-state index in [-0.39, 0.29) is 16.1 Å². The molecule has 1 aliphatic heterocycles. The van der Waals surface area contributed by atoms with Gasteiger partial charge in [0, 0.05) is 11.9 Å². The summed E-state index contributed by atoms with van der Waals surface area (Å²) in [5.41, 5.74) is 0.837. The van der Waals surface area contributed by atoms with Gasteiger partial charge in [-0.15, -0.1) is 0 Å². The highest BCUT2D eigenvalue weighted by Crippen LogP contribution is 2.32. The van der Waals surface area contributed by atoms with Gasteiger partial charge in [0.2, 0.25) is 5.91 Å². The monoisotopic (exact) mass is 297 g/mol. The predicted molar refractivity (Wildman–Crippen MR) is 77.1 cm³/mol. The van der Waals surface area contributed by atoms with Crippen molar-refractivity contribution >= 4 is 57.8 Å². The van der Waals surface area contributed by atoms with E-state index in [9.17, 15) is 9.59 Å². The Morgan fingerprint density at radius 2 is 2.00 bits per heavy atom. The summed E-state index contributed by atoms with van der Waals surface area (Å²) in [6, 6.07) is 7.06. The molecule has 0 unspecified atom stereocenters. The molecule has 1 aromatic carbocycles. The average molecular weight is 298 g/mol. The fourth-order valence-electron chi connectivity index (χ4n) is 1.45. The molecule has 1 saturated heterocycles. The minimum Gasteiger partial charge on any atom is -0.274 e. The van der Waals surface area contributed by atoms with E-state index in [2.05, 4.69) is 0 Å². The topological polar surface area (TPSA) is 37.4 Å². The molecule has 0 bridgehead atoms. The number of thiocarbonyl (C=S) groups is 1. The van der Waals surface area contributed by atoms with Crippen LogP contribution in [-0.4, -0.2) is 21.0 Å². The van der Waals surface area contributed by atoms with Crippen LogP contribution in [0, 0.1) is 0 Å². The number of imide groups is 1. The van der Waals surface area contributed by atoms with E-state index >= 15 is 0 Å². The predicted octanol–water partition coefficient (Wildman–Crippen LogP) is 3.09. The first-order valence-electron chi connectivity index (χ1n) is 5.03. The SMILES string of the molecule is CC(=O)N1C(=O)C(=Cc2ccc(Cl)cc2)SC1=S. The average Bonchev–Trinajstić information content (AvgIpc) is 2.57. The Morgan fingerprint density at radius 3 is 2.50 bits per heavy atom. The standard InChI is InChI=1S/C12H8ClNO2S2/c1-7(15)14-11(16)10(18-12(14)17)6-8-2-4-9(13)5-3-8/h2-6H,1H3. The molecule has 0 aliphatic carbocycles. The number of thioether (sulfide) groups is 1. The van der Waals surface area contributed by atoms with Gasteiger partial charge < -0.3 is 0 Å². The van der Waals surface area contributed by atoms with E-state index < -0.39 is 0 Å². The number of carbonyl (C=O) groups excluding carboxylic acids is 2. The minimum absolute atomic E-state index is 0.271. The van der Waals surface area contributed by atoms with E-state index in [0.29, 0.717) is 9.93 Å². The lowest BCUT2D eigenvalue weighted by molar-refractivity contribution is -0.135. The zero-order valence-electron chi connectivity index (χ0n) is 9.34. The molecule has 2 amide bonds. The zero-order valence-corrected chi connectivity index (χ0v) is 11.7. The maximum absolute atomic E-state index is 11.9. The first-order chi connectivity index (χ1) is 8.49. The Labute approximate surface area is 119 Å². The highest BCUT2D eigenvalue weighted by Gasteiger charge is 2.34. The third-order valence-corrected chi connectivity index (χ3v) is 3.83. The minimum atomic E-state index is -0.368. The van der Waals surface area contributed by atoms with E-state index in [4.69, 9.17) is 23.8 Å². The summed E-state index contributed by atoms with van der Waals surface area (Å²) in [6.45, 7) is 1.32. The maximum Gasteiger partial charge on any atom is 0.273 e. The first kappa shape index (κ1) is 13.3. The number of carbonyl (C=O) groups is 2. The lowest BCUT2D eigenvalue weighted by atomic mass is 10.2. The van der Waals surface area contributed by atoms with E-state index in [1.807, 2.05) is 0 Å². The van der Waals surface area contributed by atoms with Gasteiger partial charge in [-0.25, -0.2) is 4.90 Å². The number of hydrogen-bond donors (Lipinski definition) is 0. The summed E-state index contributed by atoms with van der Waals surface area (Å²) in [7, 11) is 0. The molecule has 0 radical (unpaired) electrons. The first-order valence-corrected chi connectivity index (χ1v) is 6.63. The Morgan fingerprint density at radius 1 is 1.39 bits per heavy atom. The van der Waals surface area contributed by atoms with Crippen molar-refractivity contribution in [3.8, 4) is 0 Å². The largest absolute Gasteiger partial charge is 0.274 e. The van der Waals surface area contributed by atoms with Crippen molar-refractivity contribution in [2.75, 3.05) is 0 Å². The van der Waals surface area contributed by atoms with Gasteiger partial charge in [0.15, 0.2) is 4.32 Å². The Kier molecular flexibility index (Phi) is 3.85. The second-order valence-corrected chi connectivity index (χ2v) is 5.70. The lowest BCUT2D eigenvalue weighted by Gasteiger charge is -2.07. The van der Waals surface area contributed by atoms with Crippen molar-refractivity contribution in [1.29, 1.82) is 0 Å². The molecule has 1 heterocycles. The van der Waals surface area contributed by atoms with Crippen molar-refractivity contribution in [3.63, 3.8) is 0 Å². The van der Waals surface area contributed by atoms with Crippen molar-refractivity contribution in [2.45, 2.75) is 6.92 Å². The normalized spacial score (nSPS) is 17.7. The molecule has 1 aromatic rings. The molecule has 6 heteroatoms. The molecule has 0 N–H and O–H groups in total. The molecule has 1 aliphatic rings. The summed E-state index contributed by atoms with van der Waals surface area (Å²) >= 11 is 11.9. The van der Waals surface area contributed by atoms with Gasteiger partial charge in [0.05, 0.1) is 4.91 Å². The van der Waals surface area contributed by atoms with Gasteiger partial charge in [-0.2, -0.15) is 0 Å². The van der Waals surface area contributed by atoms with Crippen LogP contribution < -0.4 is 0 Å². The molecular formula is C12H8ClNO2S2. The van der Waals surface area contributed by atoms with Crippen LogP contribution in [0.25, 0.3) is 6.08 Å². The second kappa shape index (κ2) is 5.22. The van der Waals surface area contributed by atoms with Crippen molar-refractivity contribution in [3.05, 3.63) is 39.8 Å². The van der Waals surface area contributed by atoms with Crippen molar-refractivity contribution < 1.29 is 9.59 Å². The highest BCUT2D eigenvalue weighted by molar-refractivity contribution is 8.26. The quantitative estimate of drug-likeness (QED) is 0.590. The molecule has 1 fully saturated rings. The van der Waals surface area contributed by atoms with Crippen LogP contribution in [0.4, 0.5) is 0 Å². The third kappa shape index (κ3) is 2.63. The van der Waals surface area contributed by atoms with Gasteiger partial charge in [-0.05, 0) is 23.8 Å². The molecule has 0 spiro atoms. The second-order valence-electron chi connectivity index (χ2n) is 3.59. The number of amides is 2. The van der Waals surface area contributed by atoms with Gasteiger partial charge in [-0.3, -0.25) is 9.59 Å². The van der Waals surface area contributed by atoms with Gasteiger partial charge in [0.1, 0.15) is 0 Å². The summed E-state index contributed by atoms with van der Waals surface area (Å²) in [5.74, 6) is -0.732. The van der Waals surface area contributed by atoms with Crippen LogP contribution in [0.3, 0.4) is 0 Å². The molecule has 0 saturated carbocycles. The Bertz CT molecular complexity index is 566. The van der Waals surface area contributed by atoms with E-state index in [1.54, 1.807) is 30.3 Å². The number of nitrogens with zero attached hydrogens (tertiary/aromatic N) is 1. The van der Waals surface area contributed by atoms with Crippen LogP contribution in [0.1, 0.15) is 12.5 Å². The number of halogens is 1.